The predicted octanol–water partition coefficient (Wildman–Crippen LogP) is 13.8. The molecule has 0 amide bonds. The lowest BCUT2D eigenvalue weighted by molar-refractivity contribution is -0.301. The Bertz CT molecular complexity index is 1510. The van der Waals surface area contributed by atoms with Crippen LogP contribution in [0.15, 0.2) is 72.9 Å². The van der Waals surface area contributed by atoms with Gasteiger partial charge in [0, 0.05) is 19.3 Å². The number of hydrogen-bond donors (Lipinski definition) is 3. The molecule has 406 valence electrons. The van der Waals surface area contributed by atoms with Crippen molar-refractivity contribution in [2.75, 3.05) is 13.2 Å². The molecule has 12 heteroatoms. The molecule has 1 aliphatic rings. The first-order valence-electron chi connectivity index (χ1n) is 27.9. The number of carboxylic acid groups (broad SMARTS) is 1. The van der Waals surface area contributed by atoms with Crippen molar-refractivity contribution >= 4 is 23.9 Å². The van der Waals surface area contributed by atoms with E-state index in [1.54, 1.807) is 0 Å². The van der Waals surface area contributed by atoms with Crippen LogP contribution in [0.3, 0.4) is 0 Å². The van der Waals surface area contributed by atoms with Crippen LogP contribution in [0.4, 0.5) is 0 Å². The number of esters is 3. The van der Waals surface area contributed by atoms with Gasteiger partial charge in [0.1, 0.15) is 18.8 Å². The standard InChI is InChI=1S/C59H98O12/c1-4-7-10-13-16-19-22-25-26-29-30-33-36-39-42-45-51(60)67-48-50(69-52(61)46-43-40-37-34-31-27-23-20-17-14-11-8-5-2)49-68-59-57(55(64)54(63)56(71-59)58(65)66)70-53(62)47-44-41-38-35-32-28-24-21-18-15-12-9-6-3/h9,12,16,18-19,21,25-26,28,32,38,41,50,54-57,59,63-64H,4-8,10-11,13-15,17,20,22-24,27,29-31,33-37,39-40,42-49H2,1-3H3,(H,65,66)/b12-9-,19-16-,21-18-,26-25-,32-28-,41-38-. The second-order valence-corrected chi connectivity index (χ2v) is 18.8. The van der Waals surface area contributed by atoms with Crippen molar-refractivity contribution in [3.8, 4) is 0 Å². The van der Waals surface area contributed by atoms with E-state index >= 15 is 0 Å². The topological polar surface area (TPSA) is 175 Å². The number of carbonyl (C=O) groups excluding carboxylic acids is 3. The van der Waals surface area contributed by atoms with Crippen LogP contribution in [0.2, 0.25) is 0 Å². The van der Waals surface area contributed by atoms with Gasteiger partial charge in [0.05, 0.1) is 6.61 Å². The van der Waals surface area contributed by atoms with E-state index in [9.17, 15) is 34.5 Å². The Balaban J connectivity index is 2.76. The Kier molecular flexibility index (Phi) is 43.3. The number of aliphatic hydroxyl groups excluding tert-OH is 2. The molecule has 0 saturated carbocycles. The lowest BCUT2D eigenvalue weighted by atomic mass is 9.98. The average Bonchev–Trinajstić information content (AvgIpc) is 3.35. The molecule has 0 aromatic rings. The van der Waals surface area contributed by atoms with Gasteiger partial charge in [0.15, 0.2) is 24.6 Å². The second kappa shape index (κ2) is 47.2. The summed E-state index contributed by atoms with van der Waals surface area (Å²) in [4.78, 5) is 50.9. The number of carboxylic acids is 1. The molecule has 3 N–H and O–H groups in total. The van der Waals surface area contributed by atoms with Gasteiger partial charge >= 0.3 is 23.9 Å². The summed E-state index contributed by atoms with van der Waals surface area (Å²) in [5, 5.41) is 31.4. The van der Waals surface area contributed by atoms with E-state index in [0.717, 1.165) is 83.5 Å². The maximum atomic E-state index is 13.1. The Morgan fingerprint density at radius 2 is 0.915 bits per heavy atom. The van der Waals surface area contributed by atoms with Crippen molar-refractivity contribution in [2.24, 2.45) is 0 Å². The van der Waals surface area contributed by atoms with E-state index < -0.39 is 67.3 Å². The van der Waals surface area contributed by atoms with Crippen molar-refractivity contribution in [2.45, 2.75) is 263 Å². The molecule has 6 atom stereocenters. The smallest absolute Gasteiger partial charge is 0.335 e. The van der Waals surface area contributed by atoms with Crippen molar-refractivity contribution in [3.63, 3.8) is 0 Å². The highest BCUT2D eigenvalue weighted by Crippen LogP contribution is 2.26. The first-order chi connectivity index (χ1) is 34.6. The summed E-state index contributed by atoms with van der Waals surface area (Å²) in [5.41, 5.74) is 0. The fraction of sp³-hybridized carbons (Fsp3) is 0.729. The SMILES string of the molecule is CC/C=C\C/C=C\C/C=C\C/C=C\CCC(=O)OC1C(OCC(COC(=O)CCCCCCC/C=C\C/C=C\CCCCC)OC(=O)CCCCCCCCCCCCCCC)OC(C(=O)O)C(O)C1O. The summed E-state index contributed by atoms with van der Waals surface area (Å²) in [6.07, 6.45) is 46.1. The minimum absolute atomic E-state index is 0.0628. The number of unbranched alkanes of at least 4 members (excludes halogenated alkanes) is 20. The molecular formula is C59H98O12. The predicted molar refractivity (Wildman–Crippen MR) is 285 cm³/mol. The van der Waals surface area contributed by atoms with E-state index in [1.807, 2.05) is 18.2 Å². The van der Waals surface area contributed by atoms with Crippen LogP contribution in [0.5, 0.6) is 0 Å². The zero-order chi connectivity index (χ0) is 51.8. The van der Waals surface area contributed by atoms with Crippen molar-refractivity contribution in [1.29, 1.82) is 0 Å². The Labute approximate surface area is 429 Å². The van der Waals surface area contributed by atoms with Crippen LogP contribution < -0.4 is 0 Å². The highest BCUT2D eigenvalue weighted by Gasteiger charge is 2.50. The Hall–Kier alpha value is -3.84. The Morgan fingerprint density at radius 3 is 1.44 bits per heavy atom. The maximum Gasteiger partial charge on any atom is 0.335 e. The van der Waals surface area contributed by atoms with Gasteiger partial charge in [-0.15, -0.1) is 0 Å². The molecule has 1 heterocycles. The van der Waals surface area contributed by atoms with E-state index in [0.29, 0.717) is 25.7 Å². The van der Waals surface area contributed by atoms with Gasteiger partial charge in [-0.1, -0.05) is 203 Å². The summed E-state index contributed by atoms with van der Waals surface area (Å²) in [5.74, 6) is -3.24. The van der Waals surface area contributed by atoms with Gasteiger partial charge in [0.2, 0.25) is 0 Å². The van der Waals surface area contributed by atoms with Crippen LogP contribution in [-0.4, -0.2) is 89.2 Å². The third-order valence-corrected chi connectivity index (χ3v) is 12.3. The van der Waals surface area contributed by atoms with Crippen LogP contribution in [0, 0.1) is 0 Å². The lowest BCUT2D eigenvalue weighted by Crippen LogP contribution is -2.61. The fourth-order valence-electron chi connectivity index (χ4n) is 8.00. The summed E-state index contributed by atoms with van der Waals surface area (Å²) >= 11 is 0. The molecule has 71 heavy (non-hydrogen) atoms. The highest BCUT2D eigenvalue weighted by molar-refractivity contribution is 5.74. The molecule has 0 bridgehead atoms. The van der Waals surface area contributed by atoms with Crippen molar-refractivity contribution in [3.05, 3.63) is 72.9 Å². The quantitative estimate of drug-likeness (QED) is 0.0228. The molecular weight excluding hydrogens is 901 g/mol. The molecule has 0 spiro atoms. The van der Waals surface area contributed by atoms with Crippen LogP contribution in [-0.2, 0) is 42.9 Å². The number of aliphatic hydroxyl groups is 2. The highest BCUT2D eigenvalue weighted by atomic mass is 16.7. The van der Waals surface area contributed by atoms with Gasteiger partial charge < -0.3 is 39.0 Å². The lowest BCUT2D eigenvalue weighted by Gasteiger charge is -2.40. The number of hydrogen-bond acceptors (Lipinski definition) is 11. The fourth-order valence-corrected chi connectivity index (χ4v) is 8.00. The largest absolute Gasteiger partial charge is 0.479 e. The Morgan fingerprint density at radius 1 is 0.479 bits per heavy atom. The molecule has 1 fully saturated rings. The van der Waals surface area contributed by atoms with Crippen molar-refractivity contribution < 1.29 is 58.2 Å². The molecule has 0 aromatic carbocycles. The monoisotopic (exact) mass is 999 g/mol. The summed E-state index contributed by atoms with van der Waals surface area (Å²) in [7, 11) is 0. The van der Waals surface area contributed by atoms with Gasteiger partial charge in [-0.25, -0.2) is 4.79 Å². The molecule has 12 nitrogen and oxygen atoms in total. The van der Waals surface area contributed by atoms with Crippen LogP contribution in [0.25, 0.3) is 0 Å². The molecule has 6 unspecified atom stereocenters. The molecule has 0 radical (unpaired) electrons. The summed E-state index contributed by atoms with van der Waals surface area (Å²) < 4.78 is 28.3. The minimum atomic E-state index is -1.93. The molecule has 0 aromatic heterocycles. The van der Waals surface area contributed by atoms with Crippen LogP contribution >= 0.6 is 0 Å². The third-order valence-electron chi connectivity index (χ3n) is 12.3. The van der Waals surface area contributed by atoms with E-state index in [4.69, 9.17) is 23.7 Å². The number of rotatable bonds is 46. The first kappa shape index (κ1) is 65.2. The van der Waals surface area contributed by atoms with Gasteiger partial charge in [-0.2, -0.15) is 0 Å². The van der Waals surface area contributed by atoms with Crippen LogP contribution in [0.1, 0.15) is 226 Å². The second-order valence-electron chi connectivity index (χ2n) is 18.8. The van der Waals surface area contributed by atoms with E-state index in [2.05, 4.69) is 75.5 Å². The summed E-state index contributed by atoms with van der Waals surface area (Å²) in [6.45, 7) is 5.79. The number of ether oxygens (including phenoxy) is 5. The van der Waals surface area contributed by atoms with Gasteiger partial charge in [-0.05, 0) is 77.0 Å². The zero-order valence-electron chi connectivity index (χ0n) is 44.4. The first-order valence-corrected chi connectivity index (χ1v) is 27.9. The molecule has 1 aliphatic heterocycles. The maximum absolute atomic E-state index is 13.1. The van der Waals surface area contributed by atoms with Gasteiger partial charge in [0.25, 0.3) is 0 Å². The molecule has 1 saturated heterocycles. The number of carbonyl (C=O) groups is 4. The molecule has 1 rings (SSSR count). The van der Waals surface area contributed by atoms with Gasteiger partial charge in [-0.3, -0.25) is 14.4 Å². The zero-order valence-corrected chi connectivity index (χ0v) is 44.4. The molecule has 0 aliphatic carbocycles. The average molecular weight is 999 g/mol. The third kappa shape index (κ3) is 37.6. The minimum Gasteiger partial charge on any atom is -0.479 e. The normalized spacial score (nSPS) is 19.0. The number of allylic oxidation sites excluding steroid dienone is 12. The van der Waals surface area contributed by atoms with E-state index in [1.165, 1.54) is 77.0 Å². The van der Waals surface area contributed by atoms with E-state index in [-0.39, 0.29) is 25.9 Å². The number of aliphatic carboxylic acids is 1. The summed E-state index contributed by atoms with van der Waals surface area (Å²) in [6, 6.07) is 0. The van der Waals surface area contributed by atoms with Crippen molar-refractivity contribution in [1.82, 2.24) is 0 Å².